The van der Waals surface area contributed by atoms with Crippen molar-refractivity contribution in [1.82, 2.24) is 19.9 Å². The SMILES string of the molecule is CC(C)CN([C@@H](CCCCNC(=O)[C@H](Cc1c[nH]c2ccccc12)NC(=O)C(C)(C)C)CC(=O)O)S(=O)(=O)c1ccc(N)cc1. The molecule has 2 aromatic carbocycles. The number of sulfonamides is 1. The first kappa shape index (κ1) is 35.6. The molecule has 3 rings (SSSR count). The molecule has 3 aromatic rings. The highest BCUT2D eigenvalue weighted by molar-refractivity contribution is 7.89. The van der Waals surface area contributed by atoms with Gasteiger partial charge in [-0.3, -0.25) is 14.4 Å². The van der Waals surface area contributed by atoms with Gasteiger partial charge < -0.3 is 26.5 Å². The minimum atomic E-state index is -3.99. The molecule has 0 spiro atoms. The lowest BCUT2D eigenvalue weighted by Gasteiger charge is -2.31. The molecule has 12 heteroatoms. The highest BCUT2D eigenvalue weighted by Crippen LogP contribution is 2.25. The number of rotatable bonds is 16. The molecule has 1 aromatic heterocycles. The Morgan fingerprint density at radius 1 is 1.02 bits per heavy atom. The number of hydrogen-bond acceptors (Lipinski definition) is 6. The van der Waals surface area contributed by atoms with E-state index >= 15 is 0 Å². The normalized spacial score (nSPS) is 13.6. The first-order valence-electron chi connectivity index (χ1n) is 15.3. The first-order valence-corrected chi connectivity index (χ1v) is 16.8. The van der Waals surface area contributed by atoms with Crippen LogP contribution in [0.2, 0.25) is 0 Å². The number of carbonyl (C=O) groups is 3. The Kier molecular flexibility index (Phi) is 12.2. The molecule has 1 heterocycles. The molecule has 2 amide bonds. The van der Waals surface area contributed by atoms with Crippen LogP contribution in [-0.4, -0.2) is 65.8 Å². The molecule has 0 saturated heterocycles. The van der Waals surface area contributed by atoms with Crippen LogP contribution >= 0.6 is 0 Å². The summed E-state index contributed by atoms with van der Waals surface area (Å²) in [5.41, 5.74) is 7.33. The number of hydrogen-bond donors (Lipinski definition) is 5. The maximum absolute atomic E-state index is 13.6. The summed E-state index contributed by atoms with van der Waals surface area (Å²) in [5, 5.41) is 16.4. The number of para-hydroxylation sites is 1. The zero-order valence-electron chi connectivity index (χ0n) is 26.8. The molecular weight excluding hydrogens is 594 g/mol. The van der Waals surface area contributed by atoms with Crippen LogP contribution in [0.1, 0.15) is 65.9 Å². The Hall–Kier alpha value is -3.90. The number of aliphatic carboxylic acids is 1. The van der Waals surface area contributed by atoms with Crippen molar-refractivity contribution >= 4 is 44.4 Å². The van der Waals surface area contributed by atoms with Crippen LogP contribution in [0.5, 0.6) is 0 Å². The van der Waals surface area contributed by atoms with Gasteiger partial charge in [0, 0.05) is 53.8 Å². The van der Waals surface area contributed by atoms with Gasteiger partial charge in [0.15, 0.2) is 0 Å². The van der Waals surface area contributed by atoms with Gasteiger partial charge in [-0.25, -0.2) is 8.42 Å². The van der Waals surface area contributed by atoms with E-state index in [9.17, 15) is 27.9 Å². The number of nitrogens with zero attached hydrogens (tertiary/aromatic N) is 1. The quantitative estimate of drug-likeness (QED) is 0.114. The number of nitrogen functional groups attached to an aromatic ring is 1. The van der Waals surface area contributed by atoms with Gasteiger partial charge in [0.2, 0.25) is 21.8 Å². The molecule has 0 bridgehead atoms. The number of aromatic amines is 1. The van der Waals surface area contributed by atoms with Crippen LogP contribution < -0.4 is 16.4 Å². The Morgan fingerprint density at radius 3 is 2.31 bits per heavy atom. The van der Waals surface area contributed by atoms with Gasteiger partial charge in [-0.2, -0.15) is 4.31 Å². The zero-order valence-corrected chi connectivity index (χ0v) is 27.6. The van der Waals surface area contributed by atoms with Crippen molar-refractivity contribution in [2.75, 3.05) is 18.8 Å². The number of anilines is 1. The van der Waals surface area contributed by atoms with Gasteiger partial charge in [0.05, 0.1) is 11.3 Å². The van der Waals surface area contributed by atoms with Crippen molar-refractivity contribution < 1.29 is 27.9 Å². The third-order valence-electron chi connectivity index (χ3n) is 7.51. The molecule has 6 N–H and O–H groups in total. The molecule has 0 aliphatic carbocycles. The van der Waals surface area contributed by atoms with Gasteiger partial charge in [-0.05, 0) is 54.7 Å². The number of amides is 2. The van der Waals surface area contributed by atoms with Crippen molar-refractivity contribution in [3.8, 4) is 0 Å². The van der Waals surface area contributed by atoms with Crippen molar-refractivity contribution in [3.05, 3.63) is 60.3 Å². The second-order valence-electron chi connectivity index (χ2n) is 12.9. The fourth-order valence-corrected chi connectivity index (χ4v) is 6.89. The first-order chi connectivity index (χ1) is 21.1. The fourth-order valence-electron chi connectivity index (χ4n) is 5.07. The summed E-state index contributed by atoms with van der Waals surface area (Å²) in [6.45, 7) is 9.55. The van der Waals surface area contributed by atoms with Gasteiger partial charge in [0.25, 0.3) is 0 Å². The Balaban J connectivity index is 1.68. The minimum absolute atomic E-state index is 0.0403. The van der Waals surface area contributed by atoms with Crippen LogP contribution in [0.25, 0.3) is 10.9 Å². The number of unbranched alkanes of at least 4 members (excludes halogenated alkanes) is 1. The highest BCUT2D eigenvalue weighted by Gasteiger charge is 2.33. The van der Waals surface area contributed by atoms with E-state index in [0.717, 1.165) is 16.5 Å². The number of carboxylic acid groups (broad SMARTS) is 1. The van der Waals surface area contributed by atoms with Crippen LogP contribution in [0.15, 0.2) is 59.6 Å². The van der Waals surface area contributed by atoms with E-state index in [1.807, 2.05) is 44.3 Å². The predicted molar refractivity (Wildman–Crippen MR) is 176 cm³/mol. The molecule has 246 valence electrons. The van der Waals surface area contributed by atoms with E-state index in [2.05, 4.69) is 15.6 Å². The summed E-state index contributed by atoms with van der Waals surface area (Å²) in [7, 11) is -3.99. The molecule has 0 radical (unpaired) electrons. The number of nitrogens with two attached hydrogens (primary N) is 1. The summed E-state index contributed by atoms with van der Waals surface area (Å²) >= 11 is 0. The summed E-state index contributed by atoms with van der Waals surface area (Å²) in [4.78, 5) is 41.2. The molecule has 0 fully saturated rings. The van der Waals surface area contributed by atoms with Crippen LogP contribution in [-0.2, 0) is 30.8 Å². The minimum Gasteiger partial charge on any atom is -0.481 e. The van der Waals surface area contributed by atoms with Crippen molar-refractivity contribution in [1.29, 1.82) is 0 Å². The molecule has 2 atom stereocenters. The molecule has 0 aliphatic heterocycles. The van der Waals surface area contributed by atoms with Crippen molar-refractivity contribution in [2.24, 2.45) is 11.3 Å². The standard InChI is InChI=1S/C33H47N5O6S/c1-22(2)21-38(45(43,44)26-15-13-24(34)14-16-26)25(19-30(39)40)10-8-9-17-35-31(41)29(37-32(42)33(3,4)5)18-23-20-36-28-12-7-6-11-27(23)28/h6-7,11-16,20,22,25,29,36H,8-10,17-19,21,34H2,1-5H3,(H,35,41)(H,37,42)(H,39,40)/t25-,29-/m0/s1. The van der Waals surface area contributed by atoms with Crippen molar-refractivity contribution in [3.63, 3.8) is 0 Å². The Bertz CT molecular complexity index is 1560. The summed E-state index contributed by atoms with van der Waals surface area (Å²) < 4.78 is 28.5. The van der Waals surface area contributed by atoms with E-state index in [0.29, 0.717) is 31.4 Å². The molecule has 11 nitrogen and oxygen atoms in total. The number of benzene rings is 2. The van der Waals surface area contributed by atoms with E-state index in [1.54, 1.807) is 20.8 Å². The molecule has 45 heavy (non-hydrogen) atoms. The van der Waals surface area contributed by atoms with Crippen LogP contribution in [0.3, 0.4) is 0 Å². The number of carboxylic acids is 1. The van der Waals surface area contributed by atoms with Gasteiger partial charge in [0.1, 0.15) is 6.04 Å². The van der Waals surface area contributed by atoms with Gasteiger partial charge in [-0.1, -0.05) is 59.2 Å². The molecule has 0 saturated carbocycles. The average Bonchev–Trinajstić information content (AvgIpc) is 3.36. The summed E-state index contributed by atoms with van der Waals surface area (Å²) in [6, 6.07) is 12.0. The maximum Gasteiger partial charge on any atom is 0.304 e. The Morgan fingerprint density at radius 2 is 1.69 bits per heavy atom. The van der Waals surface area contributed by atoms with Crippen LogP contribution in [0, 0.1) is 11.3 Å². The fraction of sp³-hybridized carbons (Fsp3) is 0.485. The number of nitrogens with one attached hydrogen (secondary N) is 3. The highest BCUT2D eigenvalue weighted by atomic mass is 32.2. The third kappa shape index (κ3) is 10.1. The van der Waals surface area contributed by atoms with Gasteiger partial charge >= 0.3 is 5.97 Å². The van der Waals surface area contributed by atoms with Gasteiger partial charge in [-0.15, -0.1) is 0 Å². The Labute approximate surface area is 266 Å². The predicted octanol–water partition coefficient (Wildman–Crippen LogP) is 4.30. The van der Waals surface area contributed by atoms with E-state index in [1.165, 1.54) is 28.6 Å². The molecule has 0 aliphatic rings. The average molecular weight is 642 g/mol. The monoisotopic (exact) mass is 641 g/mol. The molecular formula is C33H47N5O6S. The second kappa shape index (κ2) is 15.4. The van der Waals surface area contributed by atoms with Crippen molar-refractivity contribution in [2.45, 2.75) is 83.7 Å². The topological polar surface area (TPSA) is 175 Å². The summed E-state index contributed by atoms with van der Waals surface area (Å²) in [5.74, 6) is -1.70. The van der Waals surface area contributed by atoms with E-state index in [-0.39, 0.29) is 42.1 Å². The number of H-pyrrole nitrogens is 1. The second-order valence-corrected chi connectivity index (χ2v) is 14.8. The lowest BCUT2D eigenvalue weighted by molar-refractivity contribution is -0.138. The lowest BCUT2D eigenvalue weighted by Crippen LogP contribution is -2.51. The lowest BCUT2D eigenvalue weighted by atomic mass is 9.94. The zero-order chi connectivity index (χ0) is 33.4. The largest absolute Gasteiger partial charge is 0.481 e. The maximum atomic E-state index is 13.6. The van der Waals surface area contributed by atoms with Crippen LogP contribution in [0.4, 0.5) is 5.69 Å². The number of fused-ring (bicyclic) bond motifs is 1. The number of carbonyl (C=O) groups excluding carboxylic acids is 2. The third-order valence-corrected chi connectivity index (χ3v) is 9.45. The molecule has 0 unspecified atom stereocenters. The smallest absolute Gasteiger partial charge is 0.304 e. The number of aromatic nitrogens is 1. The summed E-state index contributed by atoms with van der Waals surface area (Å²) in [6.07, 6.45) is 3.06. The van der Waals surface area contributed by atoms with E-state index in [4.69, 9.17) is 5.73 Å². The van der Waals surface area contributed by atoms with E-state index < -0.39 is 33.5 Å².